The van der Waals surface area contributed by atoms with Crippen molar-refractivity contribution in [3.63, 3.8) is 0 Å². The maximum Gasteiger partial charge on any atom is 0.263 e. The molecule has 3 aromatic rings. The van der Waals surface area contributed by atoms with Gasteiger partial charge in [0.25, 0.3) is 10.0 Å². The lowest BCUT2D eigenvalue weighted by molar-refractivity contribution is 0.601. The predicted molar refractivity (Wildman–Crippen MR) is 114 cm³/mol. The number of benzene rings is 2. The average molecular weight is 441 g/mol. The molecule has 0 fully saturated rings. The molecule has 6 nitrogen and oxygen atoms in total. The molecule has 0 aliphatic heterocycles. The normalized spacial score (nSPS) is 15.7. The van der Waals surface area contributed by atoms with Gasteiger partial charge in [-0.2, -0.15) is 17.9 Å². The van der Waals surface area contributed by atoms with Crippen LogP contribution in [0.1, 0.15) is 23.6 Å². The van der Waals surface area contributed by atoms with Gasteiger partial charge in [0, 0.05) is 11.5 Å². The minimum atomic E-state index is -3.75. The van der Waals surface area contributed by atoms with E-state index in [1.165, 1.54) is 29.6 Å². The lowest BCUT2D eigenvalue weighted by Gasteiger charge is -2.17. The summed E-state index contributed by atoms with van der Waals surface area (Å²) in [5, 5.41) is 3.99. The molecule has 0 bridgehead atoms. The Balaban J connectivity index is 0.00000210. The van der Waals surface area contributed by atoms with E-state index in [1.54, 1.807) is 6.07 Å². The van der Waals surface area contributed by atoms with Gasteiger partial charge in [-0.25, -0.2) is 13.4 Å². The Kier molecular flexibility index (Phi) is 5.95. The fourth-order valence-corrected chi connectivity index (χ4v) is 5.05. The molecule has 0 amide bonds. The van der Waals surface area contributed by atoms with Crippen LogP contribution in [0.4, 0.5) is 10.8 Å². The number of rotatable bonds is 5. The van der Waals surface area contributed by atoms with Crippen LogP contribution in [-0.2, 0) is 16.4 Å². The zero-order chi connectivity index (χ0) is 18.1. The number of nitrogens with one attached hydrogen (secondary N) is 2. The molecule has 2 N–H and O–H groups in total. The Labute approximate surface area is 173 Å². The Morgan fingerprint density at radius 2 is 2.00 bits per heavy atom. The zero-order valence-corrected chi connectivity index (χ0v) is 17.4. The molecule has 1 aromatic heterocycles. The number of hydrogen-bond donors (Lipinski definition) is 2. The molecular formula is C17H17ClN4O2S3. The van der Waals surface area contributed by atoms with Crippen LogP contribution in [0.2, 0.25) is 5.02 Å². The highest BCUT2D eigenvalue weighted by atomic mass is 35.5. The number of anilines is 2. The van der Waals surface area contributed by atoms with Crippen LogP contribution in [-0.4, -0.2) is 17.8 Å². The van der Waals surface area contributed by atoms with Crippen LogP contribution in [0.3, 0.4) is 0 Å². The smallest absolute Gasteiger partial charge is 0.263 e. The molecule has 1 atom stereocenters. The van der Waals surface area contributed by atoms with Crippen molar-refractivity contribution >= 4 is 57.5 Å². The molecule has 142 valence electrons. The van der Waals surface area contributed by atoms with Crippen LogP contribution < -0.4 is 10.0 Å². The number of fused-ring (bicyclic) bond motifs is 1. The summed E-state index contributed by atoms with van der Waals surface area (Å²) >= 11 is 7.31. The fourth-order valence-electron chi connectivity index (χ4n) is 3.07. The van der Waals surface area contributed by atoms with E-state index in [0.29, 0.717) is 10.7 Å². The lowest BCUT2D eigenvalue weighted by Crippen LogP contribution is -2.13. The highest BCUT2D eigenvalue weighted by molar-refractivity contribution is 7.93. The average Bonchev–Trinajstić information content (AvgIpc) is 3.26. The topological polar surface area (TPSA) is 84.0 Å². The van der Waals surface area contributed by atoms with Gasteiger partial charge in [0.1, 0.15) is 6.33 Å². The number of sulfonamides is 1. The third-order valence-corrected chi connectivity index (χ3v) is 6.66. The lowest BCUT2D eigenvalue weighted by atomic mass is 10.1. The maximum atomic E-state index is 12.4. The van der Waals surface area contributed by atoms with Crippen molar-refractivity contribution in [2.75, 3.05) is 10.0 Å². The summed E-state index contributed by atoms with van der Waals surface area (Å²) in [6.45, 7) is 0. The second kappa shape index (κ2) is 8.05. The Bertz CT molecular complexity index is 1040. The molecule has 0 unspecified atom stereocenters. The minimum Gasteiger partial charge on any atom is -0.377 e. The summed E-state index contributed by atoms with van der Waals surface area (Å²) in [6, 6.07) is 13.1. The molecule has 0 saturated heterocycles. The summed E-state index contributed by atoms with van der Waals surface area (Å²) in [7, 11) is -3.75. The van der Waals surface area contributed by atoms with Crippen LogP contribution in [0, 0.1) is 0 Å². The predicted octanol–water partition coefficient (Wildman–Crippen LogP) is 4.20. The molecule has 0 saturated carbocycles. The second-order valence-corrected chi connectivity index (χ2v) is 8.80. The molecule has 0 radical (unpaired) electrons. The first-order valence-electron chi connectivity index (χ1n) is 7.96. The third kappa shape index (κ3) is 4.21. The Morgan fingerprint density at radius 1 is 1.19 bits per heavy atom. The van der Waals surface area contributed by atoms with E-state index in [4.69, 9.17) is 11.6 Å². The largest absolute Gasteiger partial charge is 0.377 e. The van der Waals surface area contributed by atoms with Gasteiger partial charge in [-0.05, 0) is 42.2 Å². The number of hydrogen-bond acceptors (Lipinski definition) is 6. The van der Waals surface area contributed by atoms with Gasteiger partial charge in [0.2, 0.25) is 5.13 Å². The van der Waals surface area contributed by atoms with E-state index in [1.807, 2.05) is 12.1 Å². The number of nitrogens with zero attached hydrogens (tertiary/aromatic N) is 2. The SMILES string of the molecule is O=S(=O)(Nc1ncns1)c1ccc(N[C@H]2CCc3ccccc32)c(Cl)c1.S. The van der Waals surface area contributed by atoms with E-state index in [2.05, 4.69) is 31.5 Å². The van der Waals surface area contributed by atoms with Crippen LogP contribution in [0.25, 0.3) is 0 Å². The van der Waals surface area contributed by atoms with Crippen molar-refractivity contribution in [3.05, 3.63) is 64.9 Å². The van der Waals surface area contributed by atoms with E-state index >= 15 is 0 Å². The first-order valence-corrected chi connectivity index (χ1v) is 10.6. The molecular weight excluding hydrogens is 424 g/mol. The van der Waals surface area contributed by atoms with E-state index in [-0.39, 0.29) is 29.6 Å². The summed E-state index contributed by atoms with van der Waals surface area (Å²) in [5.41, 5.74) is 3.31. The van der Waals surface area contributed by atoms with Gasteiger partial charge in [0.15, 0.2) is 0 Å². The van der Waals surface area contributed by atoms with E-state index in [0.717, 1.165) is 24.4 Å². The van der Waals surface area contributed by atoms with Crippen LogP contribution in [0.5, 0.6) is 0 Å². The fraction of sp³-hybridized carbons (Fsp3) is 0.176. The molecule has 0 spiro atoms. The minimum absolute atomic E-state index is 0. The van der Waals surface area contributed by atoms with Gasteiger partial charge < -0.3 is 5.32 Å². The Hall–Kier alpha value is -1.81. The first kappa shape index (κ1) is 19.9. The first-order chi connectivity index (χ1) is 12.5. The molecule has 10 heteroatoms. The monoisotopic (exact) mass is 440 g/mol. The third-order valence-electron chi connectivity index (χ3n) is 4.30. The highest BCUT2D eigenvalue weighted by Gasteiger charge is 2.23. The second-order valence-electron chi connectivity index (χ2n) is 5.93. The molecule has 1 heterocycles. The van der Waals surface area contributed by atoms with E-state index < -0.39 is 10.0 Å². The van der Waals surface area contributed by atoms with Crippen molar-refractivity contribution in [2.45, 2.75) is 23.8 Å². The Morgan fingerprint density at radius 3 is 2.74 bits per heavy atom. The number of aryl methyl sites for hydroxylation is 1. The molecule has 4 rings (SSSR count). The van der Waals surface area contributed by atoms with Crippen molar-refractivity contribution in [1.82, 2.24) is 9.36 Å². The van der Waals surface area contributed by atoms with Gasteiger partial charge in [-0.15, -0.1) is 0 Å². The molecule has 1 aliphatic carbocycles. The summed E-state index contributed by atoms with van der Waals surface area (Å²) in [5.74, 6) is 0. The van der Waals surface area contributed by atoms with Crippen molar-refractivity contribution < 1.29 is 8.42 Å². The van der Waals surface area contributed by atoms with Crippen molar-refractivity contribution in [1.29, 1.82) is 0 Å². The van der Waals surface area contributed by atoms with Crippen LogP contribution >= 0.6 is 36.6 Å². The number of aromatic nitrogens is 2. The van der Waals surface area contributed by atoms with E-state index in [9.17, 15) is 8.42 Å². The quantitative estimate of drug-likeness (QED) is 0.621. The highest BCUT2D eigenvalue weighted by Crippen LogP contribution is 2.36. The van der Waals surface area contributed by atoms with Gasteiger partial charge >= 0.3 is 0 Å². The van der Waals surface area contributed by atoms with Gasteiger partial charge in [-0.1, -0.05) is 35.9 Å². The van der Waals surface area contributed by atoms with Crippen LogP contribution in [0.15, 0.2) is 53.7 Å². The molecule has 1 aliphatic rings. The van der Waals surface area contributed by atoms with Gasteiger partial charge in [0.05, 0.1) is 21.6 Å². The summed E-state index contributed by atoms with van der Waals surface area (Å²) < 4.78 is 31.0. The summed E-state index contributed by atoms with van der Waals surface area (Å²) in [6.07, 6.45) is 3.29. The van der Waals surface area contributed by atoms with Gasteiger partial charge in [-0.3, -0.25) is 4.72 Å². The maximum absolute atomic E-state index is 12.4. The molecule has 2 aromatic carbocycles. The molecule has 27 heavy (non-hydrogen) atoms. The summed E-state index contributed by atoms with van der Waals surface area (Å²) in [4.78, 5) is 3.91. The van der Waals surface area contributed by atoms with Crippen molar-refractivity contribution in [3.8, 4) is 0 Å². The standard InChI is InChI=1S/C17H15ClN4O2S2.H2S/c18-14-9-12(26(23,24)22-17-19-10-20-25-17)6-8-16(14)21-15-7-5-11-3-1-2-4-13(11)15;/h1-4,6,8-10,15,21H,5,7H2,(H,19,20,22);1H2/t15-;/m0./s1. The van der Waals surface area contributed by atoms with Crippen molar-refractivity contribution in [2.24, 2.45) is 0 Å². The number of halogens is 1. The zero-order valence-electron chi connectivity index (χ0n) is 14.0.